The van der Waals surface area contributed by atoms with Gasteiger partial charge in [0.15, 0.2) is 0 Å². The van der Waals surface area contributed by atoms with Gasteiger partial charge in [0.2, 0.25) is 5.91 Å². The Morgan fingerprint density at radius 3 is 2.72 bits per heavy atom. The average Bonchev–Trinajstić information content (AvgIpc) is 2.82. The molecule has 0 aromatic heterocycles. The van der Waals surface area contributed by atoms with Crippen molar-refractivity contribution in [3.05, 3.63) is 12.7 Å². The summed E-state index contributed by atoms with van der Waals surface area (Å²) in [6.07, 6.45) is 4.64. The Kier molecular flexibility index (Phi) is 6.43. The summed E-state index contributed by atoms with van der Waals surface area (Å²) in [5.74, 6) is -1.93. The van der Waals surface area contributed by atoms with Crippen LogP contribution in [0.3, 0.4) is 0 Å². The molecular formula is C13H21NO4. The Hall–Kier alpha value is -1.36. The first-order chi connectivity index (χ1) is 8.66. The van der Waals surface area contributed by atoms with Crippen LogP contribution in [-0.4, -0.2) is 36.7 Å². The van der Waals surface area contributed by atoms with Crippen molar-refractivity contribution in [2.45, 2.75) is 25.7 Å². The summed E-state index contributed by atoms with van der Waals surface area (Å²) >= 11 is 0. The molecule has 1 aliphatic rings. The van der Waals surface area contributed by atoms with Gasteiger partial charge in [-0.25, -0.2) is 0 Å². The lowest BCUT2D eigenvalue weighted by Gasteiger charge is -2.15. The van der Waals surface area contributed by atoms with Crippen LogP contribution in [0, 0.1) is 11.8 Å². The van der Waals surface area contributed by atoms with Crippen LogP contribution in [0.2, 0.25) is 0 Å². The molecule has 2 atom stereocenters. The zero-order valence-corrected chi connectivity index (χ0v) is 10.6. The Labute approximate surface area is 107 Å². The lowest BCUT2D eigenvalue weighted by molar-refractivity contribution is -0.146. The maximum atomic E-state index is 11.8. The molecule has 18 heavy (non-hydrogen) atoms. The number of hydrogen-bond acceptors (Lipinski definition) is 3. The van der Waals surface area contributed by atoms with E-state index in [1.807, 2.05) is 0 Å². The first-order valence-electron chi connectivity index (χ1n) is 6.36. The van der Waals surface area contributed by atoms with Crippen molar-refractivity contribution < 1.29 is 19.4 Å². The van der Waals surface area contributed by atoms with Crippen LogP contribution in [0.1, 0.15) is 25.7 Å². The first kappa shape index (κ1) is 14.7. The van der Waals surface area contributed by atoms with Crippen molar-refractivity contribution in [3.8, 4) is 0 Å². The van der Waals surface area contributed by atoms with E-state index in [4.69, 9.17) is 9.84 Å². The number of carboxylic acids is 1. The zero-order valence-electron chi connectivity index (χ0n) is 10.6. The van der Waals surface area contributed by atoms with Gasteiger partial charge in [0, 0.05) is 6.54 Å². The molecule has 0 heterocycles. The van der Waals surface area contributed by atoms with E-state index in [1.165, 1.54) is 0 Å². The largest absolute Gasteiger partial charge is 0.481 e. The molecule has 2 N–H and O–H groups in total. The van der Waals surface area contributed by atoms with E-state index in [2.05, 4.69) is 11.9 Å². The average molecular weight is 255 g/mol. The number of carboxylic acid groups (broad SMARTS) is 1. The molecule has 1 amide bonds. The van der Waals surface area contributed by atoms with E-state index >= 15 is 0 Å². The number of carbonyl (C=O) groups excluding carboxylic acids is 1. The smallest absolute Gasteiger partial charge is 0.307 e. The van der Waals surface area contributed by atoms with Gasteiger partial charge in [-0.15, -0.1) is 6.58 Å². The summed E-state index contributed by atoms with van der Waals surface area (Å²) in [5.41, 5.74) is 0. The van der Waals surface area contributed by atoms with E-state index < -0.39 is 11.9 Å². The van der Waals surface area contributed by atoms with Gasteiger partial charge in [0.25, 0.3) is 0 Å². The summed E-state index contributed by atoms with van der Waals surface area (Å²) in [6, 6.07) is 0. The number of nitrogens with one attached hydrogen (secondary N) is 1. The number of carbonyl (C=O) groups is 2. The summed E-state index contributed by atoms with van der Waals surface area (Å²) < 4.78 is 5.26. The summed E-state index contributed by atoms with van der Waals surface area (Å²) in [5, 5.41) is 11.7. The number of amides is 1. The molecule has 0 aliphatic heterocycles. The minimum Gasteiger partial charge on any atom is -0.481 e. The third-order valence-electron chi connectivity index (χ3n) is 3.18. The molecule has 0 spiro atoms. The van der Waals surface area contributed by atoms with Crippen molar-refractivity contribution in [1.29, 1.82) is 0 Å². The Bertz CT molecular complexity index is 303. The van der Waals surface area contributed by atoms with Crippen LogP contribution in [0.5, 0.6) is 0 Å². The molecule has 5 heteroatoms. The summed E-state index contributed by atoms with van der Waals surface area (Å²) in [7, 11) is 0. The fraction of sp³-hybridized carbons (Fsp3) is 0.692. The maximum Gasteiger partial charge on any atom is 0.307 e. The molecule has 1 saturated carbocycles. The molecule has 1 aliphatic carbocycles. The van der Waals surface area contributed by atoms with E-state index in [0.29, 0.717) is 32.6 Å². The molecule has 0 radical (unpaired) electrons. The third kappa shape index (κ3) is 4.49. The van der Waals surface area contributed by atoms with Crippen molar-refractivity contribution >= 4 is 11.9 Å². The van der Waals surface area contributed by atoms with Crippen LogP contribution in [0.15, 0.2) is 12.7 Å². The van der Waals surface area contributed by atoms with Gasteiger partial charge in [-0.3, -0.25) is 9.59 Å². The van der Waals surface area contributed by atoms with Gasteiger partial charge in [0.05, 0.1) is 25.0 Å². The van der Waals surface area contributed by atoms with Crippen LogP contribution >= 0.6 is 0 Å². The third-order valence-corrected chi connectivity index (χ3v) is 3.18. The van der Waals surface area contributed by atoms with Gasteiger partial charge in [-0.2, -0.15) is 0 Å². The van der Waals surface area contributed by atoms with Crippen LogP contribution in [0.25, 0.3) is 0 Å². The predicted octanol–water partition coefficient (Wildman–Crippen LogP) is 1.20. The quantitative estimate of drug-likeness (QED) is 0.504. The highest BCUT2D eigenvalue weighted by atomic mass is 16.5. The lowest BCUT2D eigenvalue weighted by atomic mass is 9.95. The topological polar surface area (TPSA) is 75.6 Å². The molecule has 1 fully saturated rings. The van der Waals surface area contributed by atoms with Crippen molar-refractivity contribution in [2.75, 3.05) is 19.8 Å². The molecule has 0 aromatic rings. The maximum absolute atomic E-state index is 11.8. The summed E-state index contributed by atoms with van der Waals surface area (Å²) in [6.45, 7) is 5.05. The van der Waals surface area contributed by atoms with E-state index in [-0.39, 0.29) is 11.8 Å². The minimum atomic E-state index is -0.866. The predicted molar refractivity (Wildman–Crippen MR) is 67.1 cm³/mol. The molecule has 0 unspecified atom stereocenters. The van der Waals surface area contributed by atoms with Crippen LogP contribution in [0.4, 0.5) is 0 Å². The number of rotatable bonds is 8. The van der Waals surface area contributed by atoms with Gasteiger partial charge in [0.1, 0.15) is 0 Å². The highest BCUT2D eigenvalue weighted by Crippen LogP contribution is 2.31. The molecule has 1 rings (SSSR count). The Balaban J connectivity index is 2.20. The molecule has 0 bridgehead atoms. The van der Waals surface area contributed by atoms with Crippen molar-refractivity contribution in [3.63, 3.8) is 0 Å². The monoisotopic (exact) mass is 255 g/mol. The molecule has 0 aromatic carbocycles. The lowest BCUT2D eigenvalue weighted by Crippen LogP contribution is -2.36. The second-order valence-electron chi connectivity index (χ2n) is 4.46. The molecule has 0 saturated heterocycles. The Morgan fingerprint density at radius 2 is 2.06 bits per heavy atom. The number of hydrogen-bond donors (Lipinski definition) is 2. The van der Waals surface area contributed by atoms with Gasteiger partial charge in [-0.05, 0) is 19.3 Å². The highest BCUT2D eigenvalue weighted by molar-refractivity contribution is 5.85. The van der Waals surface area contributed by atoms with E-state index in [9.17, 15) is 9.59 Å². The van der Waals surface area contributed by atoms with Crippen molar-refractivity contribution in [1.82, 2.24) is 5.32 Å². The fourth-order valence-electron chi connectivity index (χ4n) is 2.22. The normalized spacial score (nSPS) is 22.7. The molecule has 5 nitrogen and oxygen atoms in total. The van der Waals surface area contributed by atoms with Gasteiger partial charge in [-0.1, -0.05) is 12.5 Å². The van der Waals surface area contributed by atoms with Gasteiger partial charge < -0.3 is 15.2 Å². The van der Waals surface area contributed by atoms with Crippen molar-refractivity contribution in [2.24, 2.45) is 11.8 Å². The fourth-order valence-corrected chi connectivity index (χ4v) is 2.22. The Morgan fingerprint density at radius 1 is 1.33 bits per heavy atom. The van der Waals surface area contributed by atoms with Gasteiger partial charge >= 0.3 is 5.97 Å². The van der Waals surface area contributed by atoms with E-state index in [1.54, 1.807) is 6.08 Å². The van der Waals surface area contributed by atoms with E-state index in [0.717, 1.165) is 12.8 Å². The second kappa shape index (κ2) is 7.87. The zero-order chi connectivity index (χ0) is 13.4. The molecular weight excluding hydrogens is 234 g/mol. The number of aliphatic carboxylic acids is 1. The van der Waals surface area contributed by atoms with Crippen LogP contribution in [-0.2, 0) is 14.3 Å². The molecule has 102 valence electrons. The SMILES string of the molecule is C=CCCOCCNC(=O)[C@@H]1CCC[C@@H]1C(=O)O. The highest BCUT2D eigenvalue weighted by Gasteiger charge is 2.37. The summed E-state index contributed by atoms with van der Waals surface area (Å²) in [4.78, 5) is 22.8. The minimum absolute atomic E-state index is 0.160. The van der Waals surface area contributed by atoms with Crippen LogP contribution < -0.4 is 5.32 Å². The number of ether oxygens (including phenoxy) is 1. The standard InChI is InChI=1S/C13H21NO4/c1-2-3-8-18-9-7-14-12(15)10-5-4-6-11(10)13(16)17/h2,10-11H,1,3-9H2,(H,14,15)(H,16,17)/t10-,11+/m1/s1. The second-order valence-corrected chi connectivity index (χ2v) is 4.46. The first-order valence-corrected chi connectivity index (χ1v) is 6.36.